The first-order valence-electron chi connectivity index (χ1n) is 5.98. The van der Waals surface area contributed by atoms with Gasteiger partial charge in [0.25, 0.3) is 0 Å². The van der Waals surface area contributed by atoms with Gasteiger partial charge in [-0.15, -0.1) is 0 Å². The molecule has 3 heteroatoms. The Morgan fingerprint density at radius 3 is 2.56 bits per heavy atom. The predicted molar refractivity (Wildman–Crippen MR) is 71.0 cm³/mol. The van der Waals surface area contributed by atoms with Gasteiger partial charge in [-0.2, -0.15) is 0 Å². The van der Waals surface area contributed by atoms with Gasteiger partial charge in [0.15, 0.2) is 0 Å². The lowest BCUT2D eigenvalue weighted by atomic mass is 9.95. The number of nitrogens with one attached hydrogen (secondary N) is 1. The van der Waals surface area contributed by atoms with Gasteiger partial charge in [0.2, 0.25) is 0 Å². The minimum Gasteiger partial charge on any atom is -0.309 e. The number of nitrogens with zero attached hydrogens (tertiary/aromatic N) is 1. The summed E-state index contributed by atoms with van der Waals surface area (Å²) in [6, 6.07) is 7.24. The normalized spacial score (nSPS) is 12.4. The number of halogens is 1. The Labute approximate surface area is 107 Å². The maximum Gasteiger partial charge on any atom is 0.131 e. The van der Waals surface area contributed by atoms with E-state index in [0.29, 0.717) is 11.1 Å². The highest BCUT2D eigenvalue weighted by Crippen LogP contribution is 2.27. The van der Waals surface area contributed by atoms with E-state index in [1.54, 1.807) is 25.4 Å². The van der Waals surface area contributed by atoms with Crippen LogP contribution in [0.4, 0.5) is 4.39 Å². The third kappa shape index (κ3) is 2.27. The smallest absolute Gasteiger partial charge is 0.131 e. The van der Waals surface area contributed by atoms with Crippen molar-refractivity contribution in [1.82, 2.24) is 10.3 Å². The van der Waals surface area contributed by atoms with Gasteiger partial charge < -0.3 is 5.32 Å². The molecule has 0 radical (unpaired) electrons. The summed E-state index contributed by atoms with van der Waals surface area (Å²) in [5.41, 5.74) is 3.43. The number of hydrogen-bond acceptors (Lipinski definition) is 2. The second kappa shape index (κ2) is 5.27. The average molecular weight is 244 g/mol. The van der Waals surface area contributed by atoms with Gasteiger partial charge in [-0.05, 0) is 43.7 Å². The molecule has 2 aromatic rings. The lowest BCUT2D eigenvalue weighted by Crippen LogP contribution is -2.20. The number of hydrogen-bond donors (Lipinski definition) is 1. The van der Waals surface area contributed by atoms with Crippen LogP contribution in [0.25, 0.3) is 0 Å². The molecule has 0 saturated carbocycles. The zero-order chi connectivity index (χ0) is 13.1. The summed E-state index contributed by atoms with van der Waals surface area (Å²) < 4.78 is 14.2. The van der Waals surface area contributed by atoms with E-state index in [1.807, 2.05) is 32.2 Å². The largest absolute Gasteiger partial charge is 0.309 e. The monoisotopic (exact) mass is 244 g/mol. The molecule has 0 fully saturated rings. The second-order valence-corrected chi connectivity index (χ2v) is 4.43. The second-order valence-electron chi connectivity index (χ2n) is 4.43. The predicted octanol–water partition coefficient (Wildman–Crippen LogP) is 3.15. The van der Waals surface area contributed by atoms with Gasteiger partial charge in [0.1, 0.15) is 5.82 Å². The minimum atomic E-state index is -0.168. The van der Waals surface area contributed by atoms with Crippen LogP contribution in [0.2, 0.25) is 0 Å². The van der Waals surface area contributed by atoms with Crippen molar-refractivity contribution < 1.29 is 4.39 Å². The van der Waals surface area contributed by atoms with Crippen LogP contribution in [0.5, 0.6) is 0 Å². The lowest BCUT2D eigenvalue weighted by molar-refractivity contribution is 0.567. The van der Waals surface area contributed by atoms with Crippen LogP contribution in [0.1, 0.15) is 28.3 Å². The molecule has 94 valence electrons. The molecule has 0 aliphatic heterocycles. The number of aromatic nitrogens is 1. The molecule has 1 atom stereocenters. The van der Waals surface area contributed by atoms with Gasteiger partial charge in [-0.25, -0.2) is 4.39 Å². The Morgan fingerprint density at radius 1 is 1.11 bits per heavy atom. The van der Waals surface area contributed by atoms with E-state index >= 15 is 0 Å². The molecule has 0 bridgehead atoms. The minimum absolute atomic E-state index is 0.153. The van der Waals surface area contributed by atoms with E-state index in [9.17, 15) is 4.39 Å². The Balaban J connectivity index is 2.53. The molecule has 0 aliphatic rings. The highest BCUT2D eigenvalue weighted by Gasteiger charge is 2.18. The van der Waals surface area contributed by atoms with Gasteiger partial charge >= 0.3 is 0 Å². The van der Waals surface area contributed by atoms with Crippen molar-refractivity contribution in [2.45, 2.75) is 19.9 Å². The molecular formula is C15H17FN2. The lowest BCUT2D eigenvalue weighted by Gasteiger charge is -2.20. The zero-order valence-corrected chi connectivity index (χ0v) is 10.9. The topological polar surface area (TPSA) is 24.9 Å². The first-order valence-corrected chi connectivity index (χ1v) is 5.98. The van der Waals surface area contributed by atoms with Crippen molar-refractivity contribution in [2.75, 3.05) is 7.05 Å². The SMILES string of the molecule is CNC(c1cnccc1C)c1cccc(C)c1F. The molecule has 1 unspecified atom stereocenters. The van der Waals surface area contributed by atoms with Gasteiger partial charge in [0, 0.05) is 18.0 Å². The summed E-state index contributed by atoms with van der Waals surface area (Å²) in [4.78, 5) is 4.13. The van der Waals surface area contributed by atoms with E-state index in [2.05, 4.69) is 10.3 Å². The van der Waals surface area contributed by atoms with Crippen molar-refractivity contribution in [1.29, 1.82) is 0 Å². The Hall–Kier alpha value is -1.74. The van der Waals surface area contributed by atoms with Crippen LogP contribution in [0.15, 0.2) is 36.7 Å². The number of aryl methyl sites for hydroxylation is 2. The standard InChI is InChI=1S/C15H17FN2/c1-10-7-8-18-9-13(10)15(17-3)12-6-4-5-11(2)14(12)16/h4-9,15,17H,1-3H3. The first-order chi connectivity index (χ1) is 8.65. The molecule has 2 rings (SSSR count). The fourth-order valence-electron chi connectivity index (χ4n) is 2.15. The summed E-state index contributed by atoms with van der Waals surface area (Å²) in [7, 11) is 1.83. The number of benzene rings is 1. The fourth-order valence-corrected chi connectivity index (χ4v) is 2.15. The molecular weight excluding hydrogens is 227 g/mol. The molecule has 0 saturated heterocycles. The first kappa shape index (κ1) is 12.7. The zero-order valence-electron chi connectivity index (χ0n) is 10.9. The highest BCUT2D eigenvalue weighted by atomic mass is 19.1. The van der Waals surface area contributed by atoms with Crippen LogP contribution in [0, 0.1) is 19.7 Å². The van der Waals surface area contributed by atoms with Crippen LogP contribution < -0.4 is 5.32 Å². The van der Waals surface area contributed by atoms with Crippen molar-refractivity contribution >= 4 is 0 Å². The van der Waals surface area contributed by atoms with Gasteiger partial charge in [-0.1, -0.05) is 18.2 Å². The summed E-state index contributed by atoms with van der Waals surface area (Å²) in [6.07, 6.45) is 3.54. The van der Waals surface area contributed by atoms with Crippen LogP contribution >= 0.6 is 0 Å². The molecule has 1 heterocycles. The average Bonchev–Trinajstić information content (AvgIpc) is 2.37. The van der Waals surface area contributed by atoms with E-state index < -0.39 is 0 Å². The maximum atomic E-state index is 14.2. The third-order valence-electron chi connectivity index (χ3n) is 3.21. The van der Waals surface area contributed by atoms with E-state index in [-0.39, 0.29) is 11.9 Å². The van der Waals surface area contributed by atoms with Crippen LogP contribution in [-0.2, 0) is 0 Å². The fraction of sp³-hybridized carbons (Fsp3) is 0.267. The van der Waals surface area contributed by atoms with Crippen molar-refractivity contribution in [2.24, 2.45) is 0 Å². The molecule has 1 aromatic heterocycles. The van der Waals surface area contributed by atoms with Crippen molar-refractivity contribution in [3.8, 4) is 0 Å². The number of rotatable bonds is 3. The summed E-state index contributed by atoms with van der Waals surface area (Å²) >= 11 is 0. The van der Waals surface area contributed by atoms with E-state index in [0.717, 1.165) is 11.1 Å². The number of pyridine rings is 1. The van der Waals surface area contributed by atoms with Crippen molar-refractivity contribution in [3.05, 3.63) is 64.7 Å². The summed E-state index contributed by atoms with van der Waals surface area (Å²) in [5, 5.41) is 3.16. The molecule has 2 nitrogen and oxygen atoms in total. The summed E-state index contributed by atoms with van der Waals surface area (Å²) in [5.74, 6) is -0.153. The molecule has 1 N–H and O–H groups in total. The van der Waals surface area contributed by atoms with Crippen LogP contribution in [0.3, 0.4) is 0 Å². The Bertz CT molecular complexity index is 552. The molecule has 0 aliphatic carbocycles. The Kier molecular flexibility index (Phi) is 3.72. The van der Waals surface area contributed by atoms with Gasteiger partial charge in [0.05, 0.1) is 6.04 Å². The maximum absolute atomic E-state index is 14.2. The third-order valence-corrected chi connectivity index (χ3v) is 3.21. The highest BCUT2D eigenvalue weighted by molar-refractivity contribution is 5.37. The quantitative estimate of drug-likeness (QED) is 0.897. The van der Waals surface area contributed by atoms with E-state index in [4.69, 9.17) is 0 Å². The van der Waals surface area contributed by atoms with Crippen LogP contribution in [-0.4, -0.2) is 12.0 Å². The van der Waals surface area contributed by atoms with Gasteiger partial charge in [-0.3, -0.25) is 4.98 Å². The van der Waals surface area contributed by atoms with Crippen molar-refractivity contribution in [3.63, 3.8) is 0 Å². The molecule has 1 aromatic carbocycles. The van der Waals surface area contributed by atoms with E-state index in [1.165, 1.54) is 0 Å². The molecule has 0 spiro atoms. The molecule has 18 heavy (non-hydrogen) atoms. The summed E-state index contributed by atoms with van der Waals surface area (Å²) in [6.45, 7) is 3.79. The molecule has 0 amide bonds. The Morgan fingerprint density at radius 2 is 1.89 bits per heavy atom.